The molecule has 1 rings (SSSR count). The number of urea groups is 1. The van der Waals surface area contributed by atoms with Crippen molar-refractivity contribution in [3.05, 3.63) is 22.4 Å². The maximum absolute atomic E-state index is 11.8. The van der Waals surface area contributed by atoms with Gasteiger partial charge in [-0.25, -0.2) is 4.79 Å². The van der Waals surface area contributed by atoms with Gasteiger partial charge in [0.2, 0.25) is 0 Å². The summed E-state index contributed by atoms with van der Waals surface area (Å²) in [6.07, 6.45) is 2.19. The fourth-order valence-electron chi connectivity index (χ4n) is 1.93. The summed E-state index contributed by atoms with van der Waals surface area (Å²) in [6, 6.07) is 1.89. The smallest absolute Gasteiger partial charge is 0.315 e. The minimum atomic E-state index is -0.800. The molecule has 1 heterocycles. The number of carbonyl (C=O) groups is 2. The van der Waals surface area contributed by atoms with Crippen LogP contribution in [0.4, 0.5) is 4.79 Å². The molecule has 20 heavy (non-hydrogen) atoms. The van der Waals surface area contributed by atoms with Crippen LogP contribution >= 0.6 is 11.3 Å². The number of hydrogen-bond acceptors (Lipinski definition) is 3. The fraction of sp³-hybridized carbons (Fsp3) is 0.571. The molecule has 0 bridgehead atoms. The van der Waals surface area contributed by atoms with Crippen molar-refractivity contribution >= 4 is 23.3 Å². The van der Waals surface area contributed by atoms with Gasteiger partial charge in [-0.3, -0.25) is 4.79 Å². The van der Waals surface area contributed by atoms with Crippen LogP contribution in [0.1, 0.15) is 38.7 Å². The number of carbonyl (C=O) groups excluding carboxylic acids is 1. The van der Waals surface area contributed by atoms with Gasteiger partial charge in [-0.05, 0) is 55.5 Å². The third-order valence-corrected chi connectivity index (χ3v) is 3.64. The highest BCUT2D eigenvalue weighted by atomic mass is 32.1. The van der Waals surface area contributed by atoms with Gasteiger partial charge in [0.1, 0.15) is 0 Å². The number of nitrogens with one attached hydrogen (secondary N) is 2. The van der Waals surface area contributed by atoms with Crippen molar-refractivity contribution in [2.75, 3.05) is 0 Å². The lowest BCUT2D eigenvalue weighted by molar-refractivity contribution is -0.137. The Hall–Kier alpha value is -1.56. The second-order valence-corrected chi connectivity index (χ2v) is 5.82. The van der Waals surface area contributed by atoms with E-state index in [0.29, 0.717) is 12.8 Å². The van der Waals surface area contributed by atoms with E-state index in [2.05, 4.69) is 22.1 Å². The van der Waals surface area contributed by atoms with Crippen LogP contribution in [0.3, 0.4) is 0 Å². The van der Waals surface area contributed by atoms with Crippen LogP contribution in [0, 0.1) is 0 Å². The van der Waals surface area contributed by atoms with Gasteiger partial charge in [0.25, 0.3) is 0 Å². The molecule has 0 spiro atoms. The summed E-state index contributed by atoms with van der Waals surface area (Å²) < 4.78 is 0. The molecule has 0 aliphatic heterocycles. The van der Waals surface area contributed by atoms with Crippen LogP contribution in [-0.2, 0) is 11.2 Å². The number of carboxylic acids is 1. The number of rotatable bonds is 8. The van der Waals surface area contributed by atoms with E-state index in [4.69, 9.17) is 5.11 Å². The molecule has 0 aromatic carbocycles. The van der Waals surface area contributed by atoms with E-state index in [1.165, 1.54) is 5.56 Å². The Balaban J connectivity index is 2.19. The van der Waals surface area contributed by atoms with E-state index < -0.39 is 5.97 Å². The standard InChI is InChI=1S/C14H22N2O3S/c1-10(4-3-5-13(17)18)15-14(19)16-11(2)8-12-6-7-20-9-12/h6-7,9-11H,3-5,8H2,1-2H3,(H,17,18)(H2,15,16,19). The lowest BCUT2D eigenvalue weighted by Gasteiger charge is -2.17. The quantitative estimate of drug-likeness (QED) is 0.690. The van der Waals surface area contributed by atoms with Crippen LogP contribution in [0.5, 0.6) is 0 Å². The van der Waals surface area contributed by atoms with Gasteiger partial charge in [-0.1, -0.05) is 0 Å². The highest BCUT2D eigenvalue weighted by Crippen LogP contribution is 2.08. The average Bonchev–Trinajstić information content (AvgIpc) is 2.80. The van der Waals surface area contributed by atoms with E-state index in [-0.39, 0.29) is 24.5 Å². The van der Waals surface area contributed by atoms with Crippen molar-refractivity contribution < 1.29 is 14.7 Å². The molecule has 2 amide bonds. The summed E-state index contributed by atoms with van der Waals surface area (Å²) in [5, 5.41) is 18.4. The summed E-state index contributed by atoms with van der Waals surface area (Å²) in [7, 11) is 0. The zero-order chi connectivity index (χ0) is 15.0. The molecule has 0 saturated heterocycles. The van der Waals surface area contributed by atoms with Gasteiger partial charge < -0.3 is 15.7 Å². The normalized spacial score (nSPS) is 13.5. The Morgan fingerprint density at radius 3 is 2.60 bits per heavy atom. The topological polar surface area (TPSA) is 78.4 Å². The predicted octanol–water partition coefficient (Wildman–Crippen LogP) is 2.62. The highest BCUT2D eigenvalue weighted by Gasteiger charge is 2.11. The second kappa shape index (κ2) is 8.58. The molecule has 0 fully saturated rings. The molecule has 6 heteroatoms. The second-order valence-electron chi connectivity index (χ2n) is 5.04. The van der Waals surface area contributed by atoms with Crippen molar-refractivity contribution in [1.82, 2.24) is 10.6 Å². The molecule has 2 unspecified atom stereocenters. The maximum atomic E-state index is 11.8. The number of thiophene rings is 1. The van der Waals surface area contributed by atoms with E-state index in [1.807, 2.05) is 19.2 Å². The summed E-state index contributed by atoms with van der Waals surface area (Å²) in [6.45, 7) is 3.84. The summed E-state index contributed by atoms with van der Waals surface area (Å²) >= 11 is 1.65. The zero-order valence-corrected chi connectivity index (χ0v) is 12.7. The minimum Gasteiger partial charge on any atom is -0.481 e. The van der Waals surface area contributed by atoms with Gasteiger partial charge in [0.15, 0.2) is 0 Å². The first-order valence-electron chi connectivity index (χ1n) is 6.77. The Bertz CT molecular complexity index is 420. The summed E-state index contributed by atoms with van der Waals surface area (Å²) in [5.41, 5.74) is 1.22. The molecule has 0 aliphatic carbocycles. The summed E-state index contributed by atoms with van der Waals surface area (Å²) in [4.78, 5) is 22.2. The maximum Gasteiger partial charge on any atom is 0.315 e. The lowest BCUT2D eigenvalue weighted by Crippen LogP contribution is -2.45. The zero-order valence-electron chi connectivity index (χ0n) is 11.9. The molecule has 0 radical (unpaired) electrons. The molecule has 5 nitrogen and oxygen atoms in total. The Kier molecular flexibility index (Phi) is 7.08. The Morgan fingerprint density at radius 2 is 2.00 bits per heavy atom. The van der Waals surface area contributed by atoms with Gasteiger partial charge in [-0.15, -0.1) is 0 Å². The molecule has 1 aromatic rings. The third-order valence-electron chi connectivity index (χ3n) is 2.90. The molecule has 2 atom stereocenters. The fourth-order valence-corrected chi connectivity index (χ4v) is 2.62. The van der Waals surface area contributed by atoms with Crippen LogP contribution in [0.25, 0.3) is 0 Å². The molecule has 3 N–H and O–H groups in total. The molecule has 1 aromatic heterocycles. The van der Waals surface area contributed by atoms with Gasteiger partial charge in [0, 0.05) is 18.5 Å². The SMILES string of the molecule is CC(CCCC(=O)O)NC(=O)NC(C)Cc1ccsc1. The van der Waals surface area contributed by atoms with Gasteiger partial charge in [0.05, 0.1) is 0 Å². The van der Waals surface area contributed by atoms with Crippen LogP contribution < -0.4 is 10.6 Å². The predicted molar refractivity (Wildman–Crippen MR) is 80.1 cm³/mol. The molecular weight excluding hydrogens is 276 g/mol. The molecular formula is C14H22N2O3S. The molecule has 0 aliphatic rings. The van der Waals surface area contributed by atoms with Crippen molar-refractivity contribution in [1.29, 1.82) is 0 Å². The van der Waals surface area contributed by atoms with Crippen molar-refractivity contribution in [2.45, 2.75) is 51.6 Å². The van der Waals surface area contributed by atoms with Crippen LogP contribution in [-0.4, -0.2) is 29.2 Å². The van der Waals surface area contributed by atoms with E-state index in [0.717, 1.165) is 6.42 Å². The van der Waals surface area contributed by atoms with Crippen molar-refractivity contribution in [3.8, 4) is 0 Å². The number of hydrogen-bond donors (Lipinski definition) is 3. The van der Waals surface area contributed by atoms with Crippen molar-refractivity contribution in [2.24, 2.45) is 0 Å². The average molecular weight is 298 g/mol. The van der Waals surface area contributed by atoms with Crippen molar-refractivity contribution in [3.63, 3.8) is 0 Å². The largest absolute Gasteiger partial charge is 0.481 e. The minimum absolute atomic E-state index is 0.0253. The number of aliphatic carboxylic acids is 1. The van der Waals surface area contributed by atoms with Crippen LogP contribution in [0.2, 0.25) is 0 Å². The molecule has 112 valence electrons. The first kappa shape index (κ1) is 16.5. The first-order chi connectivity index (χ1) is 9.47. The van der Waals surface area contributed by atoms with Crippen LogP contribution in [0.15, 0.2) is 16.8 Å². The van der Waals surface area contributed by atoms with E-state index in [9.17, 15) is 9.59 Å². The van der Waals surface area contributed by atoms with Gasteiger partial charge >= 0.3 is 12.0 Å². The Morgan fingerprint density at radius 1 is 1.30 bits per heavy atom. The lowest BCUT2D eigenvalue weighted by atomic mass is 10.1. The van der Waals surface area contributed by atoms with Gasteiger partial charge in [-0.2, -0.15) is 11.3 Å². The number of carboxylic acid groups (broad SMARTS) is 1. The van der Waals surface area contributed by atoms with E-state index >= 15 is 0 Å². The molecule has 0 saturated carbocycles. The highest BCUT2D eigenvalue weighted by molar-refractivity contribution is 7.07. The first-order valence-corrected chi connectivity index (χ1v) is 7.71. The third kappa shape index (κ3) is 7.13. The Labute approximate surface area is 123 Å². The number of amides is 2. The van der Waals surface area contributed by atoms with E-state index in [1.54, 1.807) is 11.3 Å². The monoisotopic (exact) mass is 298 g/mol. The summed E-state index contributed by atoms with van der Waals surface area (Å²) in [5.74, 6) is -0.800.